The molecule has 0 saturated heterocycles. The van der Waals surface area contributed by atoms with Crippen LogP contribution in [0.1, 0.15) is 65.0 Å². The molecule has 1 aliphatic rings. The molecular formula is C23H24N2O3S. The molecule has 2 aromatic rings. The molecule has 1 N–H and O–H groups in total. The van der Waals surface area contributed by atoms with Crippen LogP contribution in [0.25, 0.3) is 6.08 Å². The molecule has 1 heterocycles. The summed E-state index contributed by atoms with van der Waals surface area (Å²) in [6.45, 7) is 6.24. The van der Waals surface area contributed by atoms with Gasteiger partial charge in [0.05, 0.1) is 12.2 Å². The first kappa shape index (κ1) is 20.8. The number of rotatable bonds is 6. The first-order valence-electron chi connectivity index (χ1n) is 9.79. The zero-order valence-corrected chi connectivity index (χ0v) is 17.7. The third-order valence-corrected chi connectivity index (χ3v) is 6.11. The lowest BCUT2D eigenvalue weighted by Crippen LogP contribution is -2.16. The highest BCUT2D eigenvalue weighted by molar-refractivity contribution is 7.17. The number of aryl methyl sites for hydroxylation is 1. The van der Waals surface area contributed by atoms with Crippen molar-refractivity contribution in [1.29, 1.82) is 5.26 Å². The second kappa shape index (κ2) is 9.06. The van der Waals surface area contributed by atoms with Gasteiger partial charge in [-0.15, -0.1) is 11.3 Å². The molecular weight excluding hydrogens is 384 g/mol. The van der Waals surface area contributed by atoms with Crippen molar-refractivity contribution < 1.29 is 14.3 Å². The third kappa shape index (κ3) is 4.57. The fraction of sp³-hybridized carbons (Fsp3) is 0.348. The minimum atomic E-state index is -0.522. The van der Waals surface area contributed by atoms with E-state index in [2.05, 4.69) is 19.2 Å². The molecule has 1 amide bonds. The van der Waals surface area contributed by atoms with Gasteiger partial charge in [-0.25, -0.2) is 4.79 Å². The van der Waals surface area contributed by atoms with Crippen LogP contribution in [-0.2, 0) is 22.4 Å². The van der Waals surface area contributed by atoms with Crippen LogP contribution in [0.15, 0.2) is 29.8 Å². The predicted octanol–water partition coefficient (Wildman–Crippen LogP) is 5.08. The van der Waals surface area contributed by atoms with Crippen molar-refractivity contribution in [2.45, 2.75) is 46.0 Å². The van der Waals surface area contributed by atoms with E-state index in [4.69, 9.17) is 4.74 Å². The van der Waals surface area contributed by atoms with Crippen LogP contribution < -0.4 is 5.32 Å². The molecule has 29 heavy (non-hydrogen) atoms. The molecule has 0 atom stereocenters. The Morgan fingerprint density at radius 1 is 1.28 bits per heavy atom. The highest BCUT2D eigenvalue weighted by Gasteiger charge is 2.28. The number of carbonyl (C=O) groups excluding carboxylic acids is 2. The van der Waals surface area contributed by atoms with E-state index in [1.54, 1.807) is 13.0 Å². The monoisotopic (exact) mass is 408 g/mol. The van der Waals surface area contributed by atoms with E-state index in [1.165, 1.54) is 16.9 Å². The number of hydrogen-bond acceptors (Lipinski definition) is 5. The van der Waals surface area contributed by atoms with E-state index in [9.17, 15) is 14.9 Å². The summed E-state index contributed by atoms with van der Waals surface area (Å²) in [6.07, 6.45) is 4.26. The van der Waals surface area contributed by atoms with Gasteiger partial charge in [0.25, 0.3) is 5.91 Å². The molecule has 0 radical (unpaired) electrons. The number of ether oxygens (including phenoxy) is 1. The van der Waals surface area contributed by atoms with E-state index >= 15 is 0 Å². The molecule has 1 aromatic heterocycles. The molecule has 0 fully saturated rings. The van der Waals surface area contributed by atoms with E-state index in [0.29, 0.717) is 16.5 Å². The third-order valence-electron chi connectivity index (χ3n) is 4.91. The lowest BCUT2D eigenvalue weighted by Gasteiger charge is -2.08. The van der Waals surface area contributed by atoms with Gasteiger partial charge in [0, 0.05) is 4.88 Å². The Bertz CT molecular complexity index is 994. The highest BCUT2D eigenvalue weighted by Crippen LogP contribution is 2.39. The first-order valence-corrected chi connectivity index (χ1v) is 10.6. The van der Waals surface area contributed by atoms with Gasteiger partial charge in [-0.1, -0.05) is 38.1 Å². The van der Waals surface area contributed by atoms with Crippen LogP contribution in [0, 0.1) is 11.3 Å². The molecule has 0 spiro atoms. The molecule has 1 aliphatic carbocycles. The number of carbonyl (C=O) groups is 2. The van der Waals surface area contributed by atoms with Crippen LogP contribution in [-0.4, -0.2) is 18.5 Å². The van der Waals surface area contributed by atoms with Crippen molar-refractivity contribution >= 4 is 34.3 Å². The summed E-state index contributed by atoms with van der Waals surface area (Å²) in [5.41, 5.74) is 3.37. The van der Waals surface area contributed by atoms with Crippen molar-refractivity contribution in [3.8, 4) is 6.07 Å². The number of thiophene rings is 1. The van der Waals surface area contributed by atoms with Gasteiger partial charge in [0.1, 0.15) is 16.6 Å². The second-order valence-electron chi connectivity index (χ2n) is 7.23. The standard InChI is InChI=1S/C23H24N2O3S/c1-4-28-23(27)20-18-6-5-7-19(18)29-22(20)25-21(26)17(13-24)12-15-8-10-16(11-9-15)14(2)3/h8-12,14H,4-7H2,1-3H3,(H,25,26)/b17-12+. The number of hydrogen-bond donors (Lipinski definition) is 1. The molecule has 3 rings (SSSR count). The summed E-state index contributed by atoms with van der Waals surface area (Å²) in [4.78, 5) is 26.3. The number of nitriles is 1. The molecule has 0 aliphatic heterocycles. The zero-order chi connectivity index (χ0) is 21.0. The van der Waals surface area contributed by atoms with Crippen LogP contribution in [0.3, 0.4) is 0 Å². The average Bonchev–Trinajstić information content (AvgIpc) is 3.27. The summed E-state index contributed by atoms with van der Waals surface area (Å²) < 4.78 is 5.18. The Balaban J connectivity index is 1.85. The number of fused-ring (bicyclic) bond motifs is 1. The van der Waals surface area contributed by atoms with E-state index in [-0.39, 0.29) is 12.2 Å². The minimum Gasteiger partial charge on any atom is -0.462 e. The largest absolute Gasteiger partial charge is 0.462 e. The molecule has 5 nitrogen and oxygen atoms in total. The summed E-state index contributed by atoms with van der Waals surface area (Å²) in [7, 11) is 0. The lowest BCUT2D eigenvalue weighted by molar-refractivity contribution is -0.112. The zero-order valence-electron chi connectivity index (χ0n) is 16.9. The predicted molar refractivity (Wildman–Crippen MR) is 115 cm³/mol. The van der Waals surface area contributed by atoms with Crippen LogP contribution in [0.4, 0.5) is 5.00 Å². The Morgan fingerprint density at radius 2 is 2.00 bits per heavy atom. The van der Waals surface area contributed by atoms with Gasteiger partial charge in [0.2, 0.25) is 0 Å². The highest BCUT2D eigenvalue weighted by atomic mass is 32.1. The number of anilines is 1. The Labute approximate surface area is 175 Å². The summed E-state index contributed by atoms with van der Waals surface area (Å²) in [6, 6.07) is 9.74. The van der Waals surface area contributed by atoms with Crippen molar-refractivity contribution in [2.24, 2.45) is 0 Å². The quantitative estimate of drug-likeness (QED) is 0.410. The van der Waals surface area contributed by atoms with Gasteiger partial charge in [-0.05, 0) is 54.9 Å². The van der Waals surface area contributed by atoms with Crippen LogP contribution in [0.2, 0.25) is 0 Å². The minimum absolute atomic E-state index is 0.00864. The summed E-state index contributed by atoms with van der Waals surface area (Å²) in [5, 5.41) is 12.7. The number of nitrogens with zero attached hydrogens (tertiary/aromatic N) is 1. The lowest BCUT2D eigenvalue weighted by atomic mass is 10.0. The number of benzene rings is 1. The van der Waals surface area contributed by atoms with E-state index in [1.807, 2.05) is 30.3 Å². The molecule has 0 saturated carbocycles. The van der Waals surface area contributed by atoms with Gasteiger partial charge in [-0.3, -0.25) is 4.79 Å². The van der Waals surface area contributed by atoms with Crippen molar-refractivity contribution in [3.63, 3.8) is 0 Å². The Kier molecular flexibility index (Phi) is 6.50. The fourth-order valence-corrected chi connectivity index (χ4v) is 4.65. The Hall–Kier alpha value is -2.91. The molecule has 1 aromatic carbocycles. The smallest absolute Gasteiger partial charge is 0.341 e. The van der Waals surface area contributed by atoms with E-state index < -0.39 is 11.9 Å². The first-order chi connectivity index (χ1) is 13.9. The maximum Gasteiger partial charge on any atom is 0.341 e. The molecule has 0 bridgehead atoms. The second-order valence-corrected chi connectivity index (χ2v) is 8.33. The SMILES string of the molecule is CCOC(=O)c1c(NC(=O)/C(C#N)=C/c2ccc(C(C)C)cc2)sc2c1CCC2. The van der Waals surface area contributed by atoms with Crippen LogP contribution in [0.5, 0.6) is 0 Å². The topological polar surface area (TPSA) is 79.2 Å². The maximum absolute atomic E-state index is 12.7. The molecule has 6 heteroatoms. The Morgan fingerprint density at radius 3 is 2.62 bits per heavy atom. The maximum atomic E-state index is 12.7. The summed E-state index contributed by atoms with van der Waals surface area (Å²) in [5.74, 6) is -0.534. The number of amides is 1. The summed E-state index contributed by atoms with van der Waals surface area (Å²) >= 11 is 1.40. The van der Waals surface area contributed by atoms with Crippen molar-refractivity contribution in [2.75, 3.05) is 11.9 Å². The average molecular weight is 409 g/mol. The van der Waals surface area contributed by atoms with Crippen molar-refractivity contribution in [3.05, 3.63) is 57.0 Å². The molecule has 150 valence electrons. The van der Waals surface area contributed by atoms with Gasteiger partial charge in [-0.2, -0.15) is 5.26 Å². The normalized spacial score (nSPS) is 13.1. The number of esters is 1. The van der Waals surface area contributed by atoms with Crippen molar-refractivity contribution in [1.82, 2.24) is 0 Å². The molecule has 0 unspecified atom stereocenters. The van der Waals surface area contributed by atoms with Gasteiger partial charge in [0.15, 0.2) is 0 Å². The fourth-order valence-electron chi connectivity index (χ4n) is 3.37. The van der Waals surface area contributed by atoms with Gasteiger partial charge < -0.3 is 10.1 Å². The van der Waals surface area contributed by atoms with Gasteiger partial charge >= 0.3 is 5.97 Å². The van der Waals surface area contributed by atoms with E-state index in [0.717, 1.165) is 35.3 Å². The number of nitrogens with one attached hydrogen (secondary N) is 1. The van der Waals surface area contributed by atoms with Crippen LogP contribution >= 0.6 is 11.3 Å².